The van der Waals surface area contributed by atoms with Crippen LogP contribution in [0.2, 0.25) is 0 Å². The first-order valence-electron chi connectivity index (χ1n) is 21.7. The summed E-state index contributed by atoms with van der Waals surface area (Å²) in [6.07, 6.45) is 7.02. The first-order chi connectivity index (χ1) is 31.0. The molecule has 3 aliphatic heterocycles. The van der Waals surface area contributed by atoms with Gasteiger partial charge in [0, 0.05) is 87.3 Å². The summed E-state index contributed by atoms with van der Waals surface area (Å²) in [7, 11) is 0. The van der Waals surface area contributed by atoms with E-state index in [1.54, 1.807) is 0 Å². The molecule has 0 aromatic heterocycles. The third-order valence-electron chi connectivity index (χ3n) is 12.5. The number of likely N-dealkylation sites (tertiary alicyclic amines) is 3. The van der Waals surface area contributed by atoms with E-state index in [0.717, 1.165) is 51.6 Å². The molecule has 6 rings (SSSR count). The lowest BCUT2D eigenvalue weighted by atomic mass is 9.85. The van der Waals surface area contributed by atoms with Gasteiger partial charge in [-0.3, -0.25) is 4.79 Å². The molecule has 64 heavy (non-hydrogen) atoms. The summed E-state index contributed by atoms with van der Waals surface area (Å²) in [6.45, 7) is 18.5. The van der Waals surface area contributed by atoms with Crippen molar-refractivity contribution in [1.29, 1.82) is 21.0 Å². The van der Waals surface area contributed by atoms with Crippen molar-refractivity contribution in [2.24, 2.45) is 23.1 Å². The Morgan fingerprint density at radius 2 is 0.938 bits per heavy atom. The van der Waals surface area contributed by atoms with Crippen molar-refractivity contribution < 1.29 is 28.6 Å². The highest BCUT2D eigenvalue weighted by molar-refractivity contribution is 5.96. The van der Waals surface area contributed by atoms with Crippen LogP contribution in [0.1, 0.15) is 77.0 Å². The summed E-state index contributed by atoms with van der Waals surface area (Å²) < 4.78 is 16.9. The van der Waals surface area contributed by atoms with Crippen LogP contribution < -0.4 is 17.2 Å². The number of esters is 3. The molecule has 0 radical (unpaired) electrons. The third kappa shape index (κ3) is 10.3. The molecular weight excluding hydrogens is 817 g/mol. The molecule has 3 atom stereocenters. The van der Waals surface area contributed by atoms with Crippen molar-refractivity contribution in [2.45, 2.75) is 95.2 Å². The SMILES string of the molecule is [C-]#[N+]C1=C(N2CCCC2)CC(N)C/C1=C(/[N+]#[C-])C(=O)OCC(COC(=O)/C(C#N)=C1\CC(N)CC(N2CCCC2)=C1C#N)COC(=O)/C(C#N)=C1\CC(N)CC(N2CCCC2)=C1C#N. The number of ether oxygens (including phenoxy) is 3. The Morgan fingerprint density at radius 3 is 1.30 bits per heavy atom. The molecule has 0 amide bonds. The van der Waals surface area contributed by atoms with Crippen LogP contribution in [-0.4, -0.2) is 110 Å². The highest BCUT2D eigenvalue weighted by Crippen LogP contribution is 2.38. The summed E-state index contributed by atoms with van der Waals surface area (Å²) in [5, 5.41) is 41.0. The van der Waals surface area contributed by atoms with Gasteiger partial charge in [0.2, 0.25) is 0 Å². The molecule has 3 fully saturated rings. The molecule has 3 saturated heterocycles. The van der Waals surface area contributed by atoms with E-state index in [9.17, 15) is 35.4 Å². The van der Waals surface area contributed by atoms with E-state index >= 15 is 0 Å². The summed E-state index contributed by atoms with van der Waals surface area (Å²) in [5.74, 6) is -4.36. The molecule has 0 spiro atoms. The average Bonchev–Trinajstić information content (AvgIpc) is 4.12. The molecule has 3 unspecified atom stereocenters. The fraction of sp³-hybridized carbons (Fsp3) is 0.543. The topological polar surface area (TPSA) is 271 Å². The van der Waals surface area contributed by atoms with Crippen LogP contribution in [0.3, 0.4) is 0 Å². The molecule has 3 heterocycles. The fourth-order valence-electron chi connectivity index (χ4n) is 9.39. The largest absolute Gasteiger partial charge is 0.470 e. The summed E-state index contributed by atoms with van der Waals surface area (Å²) in [5.41, 5.74) is 21.0. The van der Waals surface area contributed by atoms with Gasteiger partial charge >= 0.3 is 17.9 Å². The quantitative estimate of drug-likeness (QED) is 0.0834. The second-order valence-electron chi connectivity index (χ2n) is 16.9. The maximum Gasteiger partial charge on any atom is 0.349 e. The number of hydrogen-bond acceptors (Lipinski definition) is 16. The Labute approximate surface area is 373 Å². The number of nitrogens with two attached hydrogens (primary N) is 3. The van der Waals surface area contributed by atoms with Gasteiger partial charge in [-0.1, -0.05) is 0 Å². The van der Waals surface area contributed by atoms with E-state index in [1.807, 2.05) is 21.9 Å². The Morgan fingerprint density at radius 1 is 0.578 bits per heavy atom. The van der Waals surface area contributed by atoms with Crippen LogP contribution in [0.5, 0.6) is 0 Å². The summed E-state index contributed by atoms with van der Waals surface area (Å²) >= 11 is 0. The minimum absolute atomic E-state index is 0.0724. The molecule has 0 saturated carbocycles. The minimum Gasteiger partial charge on any atom is -0.470 e. The highest BCUT2D eigenvalue weighted by atomic mass is 16.6. The van der Waals surface area contributed by atoms with Gasteiger partial charge < -0.3 is 46.1 Å². The van der Waals surface area contributed by atoms with Crippen molar-refractivity contribution >= 4 is 17.9 Å². The number of carbonyl (C=O) groups excluding carboxylic acids is 3. The van der Waals surface area contributed by atoms with Gasteiger partial charge in [-0.05, 0) is 80.9 Å². The second-order valence-corrected chi connectivity index (χ2v) is 16.9. The number of allylic oxidation sites excluding steroid dienone is 3. The monoisotopic (exact) mass is 868 g/mol. The van der Waals surface area contributed by atoms with Crippen LogP contribution in [0.25, 0.3) is 9.69 Å². The van der Waals surface area contributed by atoms with E-state index < -0.39 is 78.6 Å². The molecule has 6 aliphatic rings. The predicted molar refractivity (Wildman–Crippen MR) is 228 cm³/mol. The van der Waals surface area contributed by atoms with Crippen LogP contribution in [-0.2, 0) is 28.6 Å². The van der Waals surface area contributed by atoms with Gasteiger partial charge in [-0.2, -0.15) is 21.0 Å². The van der Waals surface area contributed by atoms with Crippen molar-refractivity contribution in [2.75, 3.05) is 59.1 Å². The van der Waals surface area contributed by atoms with Gasteiger partial charge in [-0.15, -0.1) is 0 Å². The zero-order valence-corrected chi connectivity index (χ0v) is 35.9. The van der Waals surface area contributed by atoms with E-state index in [-0.39, 0.29) is 52.8 Å². The highest BCUT2D eigenvalue weighted by Gasteiger charge is 2.36. The zero-order valence-electron chi connectivity index (χ0n) is 35.9. The normalized spacial score (nSPS) is 25.3. The van der Waals surface area contributed by atoms with Crippen molar-refractivity contribution in [1.82, 2.24) is 14.7 Å². The molecule has 0 bridgehead atoms. The maximum absolute atomic E-state index is 13.8. The van der Waals surface area contributed by atoms with E-state index in [2.05, 4.69) is 26.7 Å². The van der Waals surface area contributed by atoms with Gasteiger partial charge in [0.1, 0.15) is 48.6 Å². The molecule has 18 nitrogen and oxygen atoms in total. The van der Waals surface area contributed by atoms with Gasteiger partial charge in [-0.25, -0.2) is 19.3 Å². The van der Waals surface area contributed by atoms with Crippen LogP contribution >= 0.6 is 0 Å². The number of carbonyl (C=O) groups is 3. The molecule has 0 aromatic carbocycles. The van der Waals surface area contributed by atoms with Crippen LogP contribution in [0, 0.1) is 64.4 Å². The van der Waals surface area contributed by atoms with Gasteiger partial charge in [0.25, 0.3) is 5.70 Å². The molecule has 0 aromatic rings. The lowest BCUT2D eigenvalue weighted by Crippen LogP contribution is -2.34. The van der Waals surface area contributed by atoms with Crippen molar-refractivity contribution in [3.05, 3.63) is 90.3 Å². The number of nitriles is 4. The van der Waals surface area contributed by atoms with Crippen molar-refractivity contribution in [3.8, 4) is 24.3 Å². The first kappa shape index (κ1) is 46.6. The maximum atomic E-state index is 13.8. The lowest BCUT2D eigenvalue weighted by Gasteiger charge is -2.31. The molecule has 332 valence electrons. The molecular formula is C46H52N12O6. The number of nitrogens with zero attached hydrogens (tertiary/aromatic N) is 9. The molecule has 6 N–H and O–H groups in total. The average molecular weight is 869 g/mol. The summed E-state index contributed by atoms with van der Waals surface area (Å²) in [4.78, 5) is 54.6. The Bertz CT molecular complexity index is 2110. The van der Waals surface area contributed by atoms with Crippen LogP contribution in [0.4, 0.5) is 0 Å². The van der Waals surface area contributed by atoms with E-state index in [1.165, 1.54) is 0 Å². The summed E-state index contributed by atoms with van der Waals surface area (Å²) in [6, 6.07) is 6.73. The van der Waals surface area contributed by atoms with E-state index in [4.69, 9.17) is 44.6 Å². The standard InChI is InChI=1S/C46H52N12O6/c1-54-42-34(17-31(53)20-41(42)58-13-7-8-14-58)43(55-2)46(61)64-27-28(25-62-44(59)37(23-49)32-15-29(51)18-39(35(32)21-47)56-9-3-4-10-56)26-63-45(60)38(24-50)33-16-30(52)19-40(36(33)22-48)57-11-5-6-12-57/h28-31H,3-20,25-27,51-53H2/b37-32+,38-33+,43-34-. The Hall–Kier alpha value is -6.93. The lowest BCUT2D eigenvalue weighted by molar-refractivity contribution is -0.148. The molecule has 18 heteroatoms. The van der Waals surface area contributed by atoms with Gasteiger partial charge in [0.05, 0.1) is 36.8 Å². The number of rotatable bonds is 12. The predicted octanol–water partition coefficient (Wildman–Crippen LogP) is 3.38. The second kappa shape index (κ2) is 21.4. The Kier molecular flexibility index (Phi) is 15.6. The zero-order chi connectivity index (χ0) is 45.9. The van der Waals surface area contributed by atoms with Crippen molar-refractivity contribution in [3.63, 3.8) is 0 Å². The van der Waals surface area contributed by atoms with Gasteiger partial charge in [0.15, 0.2) is 5.70 Å². The molecule has 3 aliphatic carbocycles. The third-order valence-corrected chi connectivity index (χ3v) is 12.5. The first-order valence-corrected chi connectivity index (χ1v) is 21.7. The van der Waals surface area contributed by atoms with E-state index in [0.29, 0.717) is 62.5 Å². The fourth-order valence-corrected chi connectivity index (χ4v) is 9.39. The Balaban J connectivity index is 1.28. The minimum atomic E-state index is -1.12. The smallest absolute Gasteiger partial charge is 0.349 e. The number of hydrogen-bond donors (Lipinski definition) is 3. The van der Waals surface area contributed by atoms with Crippen LogP contribution in [0.15, 0.2) is 67.5 Å².